The van der Waals surface area contributed by atoms with Crippen LogP contribution in [0.2, 0.25) is 0 Å². The molecule has 0 radical (unpaired) electrons. The average molecular weight is 359 g/mol. The minimum Gasteiger partial charge on any atom is -0.460 e. The van der Waals surface area contributed by atoms with Crippen molar-refractivity contribution in [3.8, 4) is 0 Å². The van der Waals surface area contributed by atoms with E-state index in [1.165, 1.54) is 0 Å². The van der Waals surface area contributed by atoms with Crippen LogP contribution in [0.1, 0.15) is 21.1 Å². The van der Waals surface area contributed by atoms with Crippen LogP contribution in [0.3, 0.4) is 0 Å². The largest absolute Gasteiger partial charge is 0.460 e. The predicted octanol–water partition coefficient (Wildman–Crippen LogP) is 3.80. The molecule has 0 saturated heterocycles. The number of ether oxygens (including phenoxy) is 1. The number of nitrogens with zero attached hydrogens (tertiary/aromatic N) is 3. The summed E-state index contributed by atoms with van der Waals surface area (Å²) < 4.78 is 6.99. The van der Waals surface area contributed by atoms with Gasteiger partial charge in [0.05, 0.1) is 22.8 Å². The van der Waals surface area contributed by atoms with Crippen LogP contribution in [0.15, 0.2) is 53.0 Å². The lowest BCUT2D eigenvalue weighted by molar-refractivity contribution is 0.0487. The first kappa shape index (κ1) is 16.7. The van der Waals surface area contributed by atoms with Crippen LogP contribution in [-0.2, 0) is 17.0 Å². The number of aryl methyl sites for hydroxylation is 1. The van der Waals surface area contributed by atoms with E-state index in [9.17, 15) is 4.79 Å². The van der Waals surface area contributed by atoms with E-state index >= 15 is 0 Å². The Morgan fingerprint density at radius 3 is 2.83 bits per heavy atom. The number of carbonyl (C=O) groups excluding carboxylic acids is 1. The van der Waals surface area contributed by atoms with E-state index in [1.54, 1.807) is 46.1 Å². The zero-order valence-corrected chi connectivity index (χ0v) is 14.8. The number of aromatic nitrogens is 3. The monoisotopic (exact) mass is 359 g/mol. The third kappa shape index (κ3) is 4.69. The van der Waals surface area contributed by atoms with Crippen LogP contribution in [0, 0.1) is 6.92 Å². The highest BCUT2D eigenvalue weighted by Crippen LogP contribution is 2.24. The molecule has 3 aromatic rings. The van der Waals surface area contributed by atoms with Crippen molar-refractivity contribution in [1.82, 2.24) is 14.8 Å². The minimum absolute atomic E-state index is 0.306. The lowest BCUT2D eigenvalue weighted by Crippen LogP contribution is -2.11. The Morgan fingerprint density at radius 2 is 2.17 bits per heavy atom. The third-order valence-corrected chi connectivity index (χ3v) is 5.12. The van der Waals surface area contributed by atoms with E-state index in [-0.39, 0.29) is 5.97 Å². The molecule has 0 aliphatic carbocycles. The summed E-state index contributed by atoms with van der Waals surface area (Å²) in [6.07, 6.45) is 3.54. The normalized spacial score (nSPS) is 10.7. The van der Waals surface area contributed by atoms with Gasteiger partial charge < -0.3 is 4.74 Å². The molecular formula is C17H17N3O2S2. The number of hydrogen-bond donors (Lipinski definition) is 0. The Hall–Kier alpha value is -2.12. The summed E-state index contributed by atoms with van der Waals surface area (Å²) in [4.78, 5) is 17.5. The molecule has 124 valence electrons. The molecule has 7 heteroatoms. The van der Waals surface area contributed by atoms with Gasteiger partial charge in [-0.05, 0) is 37.3 Å². The van der Waals surface area contributed by atoms with Gasteiger partial charge in [0.15, 0.2) is 0 Å². The second kappa shape index (κ2) is 8.12. The van der Waals surface area contributed by atoms with Crippen LogP contribution >= 0.6 is 23.1 Å². The zero-order chi connectivity index (χ0) is 16.8. The van der Waals surface area contributed by atoms with Gasteiger partial charge in [-0.1, -0.05) is 0 Å². The molecule has 2 aromatic heterocycles. The number of rotatable bonds is 7. The summed E-state index contributed by atoms with van der Waals surface area (Å²) in [5, 5.41) is 7.22. The summed E-state index contributed by atoms with van der Waals surface area (Å²) in [7, 11) is 0. The minimum atomic E-state index is -0.311. The molecule has 0 fully saturated rings. The second-order valence-electron chi connectivity index (χ2n) is 5.08. The number of carbonyl (C=O) groups is 1. The molecule has 3 rings (SSSR count). The Kier molecular flexibility index (Phi) is 5.66. The van der Waals surface area contributed by atoms with Crippen molar-refractivity contribution in [1.29, 1.82) is 0 Å². The Balaban J connectivity index is 1.47. The van der Waals surface area contributed by atoms with E-state index < -0.39 is 0 Å². The van der Waals surface area contributed by atoms with Gasteiger partial charge in [0.25, 0.3) is 0 Å². The summed E-state index contributed by atoms with van der Waals surface area (Å²) in [5.41, 5.74) is 1.65. The average Bonchev–Trinajstić information content (AvgIpc) is 3.25. The molecule has 0 N–H and O–H groups in total. The van der Waals surface area contributed by atoms with Crippen LogP contribution in [0.5, 0.6) is 0 Å². The summed E-state index contributed by atoms with van der Waals surface area (Å²) >= 11 is 3.36. The van der Waals surface area contributed by atoms with Crippen molar-refractivity contribution in [2.24, 2.45) is 0 Å². The lowest BCUT2D eigenvalue weighted by Gasteiger charge is -2.06. The van der Waals surface area contributed by atoms with Crippen LogP contribution in [-0.4, -0.2) is 27.3 Å². The van der Waals surface area contributed by atoms with Gasteiger partial charge in [-0.2, -0.15) is 5.10 Å². The number of benzene rings is 1. The zero-order valence-electron chi connectivity index (χ0n) is 13.2. The number of thiazole rings is 1. The SMILES string of the molecule is Cc1nc(CSc2ccc(C(=O)OCCn3cccn3)cc2)cs1. The van der Waals surface area contributed by atoms with E-state index in [2.05, 4.69) is 15.5 Å². The van der Waals surface area contributed by atoms with Crippen molar-refractivity contribution in [3.63, 3.8) is 0 Å². The van der Waals surface area contributed by atoms with Gasteiger partial charge in [-0.3, -0.25) is 4.68 Å². The van der Waals surface area contributed by atoms with Gasteiger partial charge in [-0.25, -0.2) is 9.78 Å². The maximum absolute atomic E-state index is 12.0. The topological polar surface area (TPSA) is 57.0 Å². The fourth-order valence-electron chi connectivity index (χ4n) is 2.07. The van der Waals surface area contributed by atoms with Gasteiger partial charge in [0, 0.05) is 28.4 Å². The fraction of sp³-hybridized carbons (Fsp3) is 0.235. The molecule has 5 nitrogen and oxygen atoms in total. The highest BCUT2D eigenvalue weighted by molar-refractivity contribution is 7.98. The number of thioether (sulfide) groups is 1. The standard InChI is InChI=1S/C17H17N3O2S2/c1-13-19-15(11-23-13)12-24-16-5-3-14(4-6-16)17(21)22-10-9-20-8-2-7-18-20/h2-8,11H,9-10,12H2,1H3. The van der Waals surface area contributed by atoms with E-state index in [4.69, 9.17) is 4.74 Å². The highest BCUT2D eigenvalue weighted by atomic mass is 32.2. The van der Waals surface area contributed by atoms with E-state index in [1.807, 2.05) is 31.3 Å². The van der Waals surface area contributed by atoms with Crippen molar-refractivity contribution >= 4 is 29.1 Å². The molecule has 0 bridgehead atoms. The van der Waals surface area contributed by atoms with Crippen LogP contribution in [0.25, 0.3) is 0 Å². The van der Waals surface area contributed by atoms with Crippen LogP contribution in [0.4, 0.5) is 0 Å². The summed E-state index contributed by atoms with van der Waals surface area (Å²) in [5.74, 6) is 0.520. The molecule has 0 amide bonds. The molecular weight excluding hydrogens is 342 g/mol. The Labute approximate surface area is 148 Å². The van der Waals surface area contributed by atoms with Crippen molar-refractivity contribution < 1.29 is 9.53 Å². The van der Waals surface area contributed by atoms with Crippen LogP contribution < -0.4 is 0 Å². The Bertz CT molecular complexity index is 783. The Morgan fingerprint density at radius 1 is 1.33 bits per heavy atom. The quantitative estimate of drug-likeness (QED) is 0.474. The van der Waals surface area contributed by atoms with Gasteiger partial charge in [0.2, 0.25) is 0 Å². The first-order valence-corrected chi connectivity index (χ1v) is 9.35. The molecule has 24 heavy (non-hydrogen) atoms. The van der Waals surface area contributed by atoms with Gasteiger partial charge >= 0.3 is 5.97 Å². The molecule has 0 aliphatic heterocycles. The molecule has 0 atom stereocenters. The summed E-state index contributed by atoms with van der Waals surface area (Å²) in [6.45, 7) is 2.87. The number of esters is 1. The first-order chi connectivity index (χ1) is 11.7. The van der Waals surface area contributed by atoms with Crippen molar-refractivity contribution in [2.75, 3.05) is 6.61 Å². The predicted molar refractivity (Wildman–Crippen MR) is 95.4 cm³/mol. The first-order valence-electron chi connectivity index (χ1n) is 7.49. The highest BCUT2D eigenvalue weighted by Gasteiger charge is 2.07. The van der Waals surface area contributed by atoms with Gasteiger partial charge in [0.1, 0.15) is 6.61 Å². The third-order valence-electron chi connectivity index (χ3n) is 3.26. The van der Waals surface area contributed by atoms with E-state index in [0.29, 0.717) is 18.7 Å². The number of hydrogen-bond acceptors (Lipinski definition) is 6. The van der Waals surface area contributed by atoms with Crippen molar-refractivity contribution in [2.45, 2.75) is 24.1 Å². The van der Waals surface area contributed by atoms with Gasteiger partial charge in [-0.15, -0.1) is 23.1 Å². The molecule has 0 saturated carbocycles. The lowest BCUT2D eigenvalue weighted by atomic mass is 10.2. The fourth-order valence-corrected chi connectivity index (χ4v) is 3.58. The van der Waals surface area contributed by atoms with Crippen molar-refractivity contribution in [3.05, 3.63) is 64.4 Å². The molecule has 1 aromatic carbocycles. The second-order valence-corrected chi connectivity index (χ2v) is 7.19. The maximum Gasteiger partial charge on any atom is 0.338 e. The molecule has 0 spiro atoms. The molecule has 2 heterocycles. The maximum atomic E-state index is 12.0. The molecule has 0 unspecified atom stereocenters. The molecule has 0 aliphatic rings. The van der Waals surface area contributed by atoms with E-state index in [0.717, 1.165) is 21.3 Å². The summed E-state index contributed by atoms with van der Waals surface area (Å²) in [6, 6.07) is 9.31. The smallest absolute Gasteiger partial charge is 0.338 e.